The summed E-state index contributed by atoms with van der Waals surface area (Å²) < 4.78 is 16.0. The van der Waals surface area contributed by atoms with Gasteiger partial charge in [-0.1, -0.05) is 0 Å². The number of aromatic nitrogens is 6. The standard InChI is InChI=1S/C16H17FN8/c17-12-7-18-8-19-14(12)23-3-5-24(6-4-23)15-13-16(21-9-20-15)25(10-22-13)11-1-2-11/h7-11H,1-6H2. The minimum Gasteiger partial charge on any atom is -0.351 e. The van der Waals surface area contributed by atoms with Crippen molar-refractivity contribution in [3.05, 3.63) is 31.0 Å². The molecule has 9 heteroatoms. The van der Waals surface area contributed by atoms with Gasteiger partial charge in [0.1, 0.15) is 12.7 Å². The third-order valence-electron chi connectivity index (χ3n) is 4.81. The van der Waals surface area contributed by atoms with E-state index in [1.807, 2.05) is 11.2 Å². The van der Waals surface area contributed by atoms with Crippen molar-refractivity contribution in [2.24, 2.45) is 0 Å². The van der Waals surface area contributed by atoms with E-state index in [0.717, 1.165) is 30.1 Å². The minimum atomic E-state index is -0.386. The molecule has 4 heterocycles. The predicted octanol–water partition coefficient (Wildman–Crippen LogP) is 1.42. The molecule has 3 aromatic rings. The van der Waals surface area contributed by atoms with E-state index in [0.29, 0.717) is 24.9 Å². The van der Waals surface area contributed by atoms with Crippen molar-refractivity contribution in [2.45, 2.75) is 18.9 Å². The van der Waals surface area contributed by atoms with Crippen LogP contribution in [0.4, 0.5) is 16.0 Å². The summed E-state index contributed by atoms with van der Waals surface area (Å²) in [6, 6.07) is 0.533. The van der Waals surface area contributed by atoms with Crippen molar-refractivity contribution in [3.63, 3.8) is 0 Å². The molecule has 8 nitrogen and oxygen atoms in total. The van der Waals surface area contributed by atoms with Crippen LogP contribution >= 0.6 is 0 Å². The summed E-state index contributed by atoms with van der Waals surface area (Å²) in [5.74, 6) is 0.830. The molecule has 1 aliphatic heterocycles. The van der Waals surface area contributed by atoms with Gasteiger partial charge < -0.3 is 14.4 Å². The number of anilines is 2. The van der Waals surface area contributed by atoms with Gasteiger partial charge in [0.05, 0.1) is 12.5 Å². The largest absolute Gasteiger partial charge is 0.351 e. The first kappa shape index (κ1) is 14.5. The Morgan fingerprint density at radius 1 is 0.880 bits per heavy atom. The Hall–Kier alpha value is -2.84. The van der Waals surface area contributed by atoms with Gasteiger partial charge in [-0.25, -0.2) is 29.3 Å². The van der Waals surface area contributed by atoms with Crippen molar-refractivity contribution >= 4 is 22.8 Å². The molecule has 2 fully saturated rings. The maximum atomic E-state index is 13.9. The molecular formula is C16H17FN8. The van der Waals surface area contributed by atoms with Crippen molar-refractivity contribution in [1.82, 2.24) is 29.5 Å². The Morgan fingerprint density at radius 3 is 2.32 bits per heavy atom. The molecule has 0 unspecified atom stereocenters. The first-order valence-corrected chi connectivity index (χ1v) is 8.44. The van der Waals surface area contributed by atoms with Crippen LogP contribution in [0.1, 0.15) is 18.9 Å². The summed E-state index contributed by atoms with van der Waals surface area (Å²) in [7, 11) is 0. The van der Waals surface area contributed by atoms with E-state index in [1.165, 1.54) is 25.4 Å². The highest BCUT2D eigenvalue weighted by molar-refractivity contribution is 5.83. The number of halogens is 1. The SMILES string of the molecule is Fc1cncnc1N1CCN(c2ncnc3c2ncn3C2CC2)CC1. The summed E-state index contributed by atoms with van der Waals surface area (Å²) in [5.41, 5.74) is 1.74. The zero-order valence-electron chi connectivity index (χ0n) is 13.6. The number of imidazole rings is 1. The normalized spacial score (nSPS) is 18.1. The highest BCUT2D eigenvalue weighted by Crippen LogP contribution is 2.37. The molecule has 1 aliphatic carbocycles. The van der Waals surface area contributed by atoms with Gasteiger partial charge in [-0.3, -0.25) is 0 Å². The summed E-state index contributed by atoms with van der Waals surface area (Å²) >= 11 is 0. The van der Waals surface area contributed by atoms with E-state index in [4.69, 9.17) is 0 Å². The third kappa shape index (κ3) is 2.46. The van der Waals surface area contributed by atoms with E-state index in [2.05, 4.69) is 34.4 Å². The lowest BCUT2D eigenvalue weighted by atomic mass is 10.3. The van der Waals surface area contributed by atoms with Gasteiger partial charge in [-0.15, -0.1) is 0 Å². The molecule has 0 aromatic carbocycles. The van der Waals surface area contributed by atoms with E-state index in [1.54, 1.807) is 6.33 Å². The molecule has 1 saturated carbocycles. The lowest BCUT2D eigenvalue weighted by molar-refractivity contribution is 0.581. The van der Waals surface area contributed by atoms with Crippen LogP contribution in [0, 0.1) is 5.82 Å². The number of hydrogen-bond donors (Lipinski definition) is 0. The molecule has 2 aliphatic rings. The average molecular weight is 340 g/mol. The zero-order chi connectivity index (χ0) is 16.8. The van der Waals surface area contributed by atoms with Crippen molar-refractivity contribution in [3.8, 4) is 0 Å². The molecule has 0 spiro atoms. The maximum Gasteiger partial charge on any atom is 0.183 e. The van der Waals surface area contributed by atoms with Crippen LogP contribution in [0.15, 0.2) is 25.2 Å². The second-order valence-corrected chi connectivity index (χ2v) is 6.42. The molecule has 25 heavy (non-hydrogen) atoms. The summed E-state index contributed by atoms with van der Waals surface area (Å²) in [6.45, 7) is 2.79. The molecule has 3 aromatic heterocycles. The molecule has 0 atom stereocenters. The lowest BCUT2D eigenvalue weighted by Gasteiger charge is -2.35. The fourth-order valence-corrected chi connectivity index (χ4v) is 3.36. The Bertz CT molecular complexity index is 913. The monoisotopic (exact) mass is 340 g/mol. The van der Waals surface area contributed by atoms with E-state index < -0.39 is 0 Å². The van der Waals surface area contributed by atoms with Crippen LogP contribution in [0.5, 0.6) is 0 Å². The molecule has 0 N–H and O–H groups in total. The second kappa shape index (κ2) is 5.61. The summed E-state index contributed by atoms with van der Waals surface area (Å²) in [4.78, 5) is 25.3. The highest BCUT2D eigenvalue weighted by atomic mass is 19.1. The molecule has 0 radical (unpaired) electrons. The maximum absolute atomic E-state index is 13.9. The van der Waals surface area contributed by atoms with Crippen LogP contribution < -0.4 is 9.80 Å². The number of nitrogens with zero attached hydrogens (tertiary/aromatic N) is 8. The average Bonchev–Trinajstić information content (AvgIpc) is 3.41. The lowest BCUT2D eigenvalue weighted by Crippen LogP contribution is -2.47. The smallest absolute Gasteiger partial charge is 0.183 e. The van der Waals surface area contributed by atoms with Gasteiger partial charge >= 0.3 is 0 Å². The Morgan fingerprint density at radius 2 is 1.60 bits per heavy atom. The summed E-state index contributed by atoms with van der Waals surface area (Å²) in [5, 5.41) is 0. The first-order chi connectivity index (χ1) is 12.3. The van der Waals surface area contributed by atoms with Crippen LogP contribution in [0.2, 0.25) is 0 Å². The number of rotatable bonds is 3. The molecule has 0 bridgehead atoms. The van der Waals surface area contributed by atoms with Crippen LogP contribution in [0.25, 0.3) is 11.2 Å². The van der Waals surface area contributed by atoms with Gasteiger partial charge in [0.15, 0.2) is 28.6 Å². The third-order valence-corrected chi connectivity index (χ3v) is 4.81. The second-order valence-electron chi connectivity index (χ2n) is 6.42. The predicted molar refractivity (Wildman–Crippen MR) is 90.0 cm³/mol. The fourth-order valence-electron chi connectivity index (χ4n) is 3.36. The van der Waals surface area contributed by atoms with Gasteiger partial charge in [0.2, 0.25) is 0 Å². The molecular weight excluding hydrogens is 323 g/mol. The number of fused-ring (bicyclic) bond motifs is 1. The van der Waals surface area contributed by atoms with Crippen LogP contribution in [0.3, 0.4) is 0 Å². The van der Waals surface area contributed by atoms with Crippen LogP contribution in [-0.2, 0) is 0 Å². The number of hydrogen-bond acceptors (Lipinski definition) is 7. The van der Waals surface area contributed by atoms with Gasteiger partial charge in [-0.2, -0.15) is 0 Å². The van der Waals surface area contributed by atoms with E-state index >= 15 is 0 Å². The summed E-state index contributed by atoms with van der Waals surface area (Å²) in [6.07, 6.45) is 8.43. The van der Waals surface area contributed by atoms with E-state index in [-0.39, 0.29) is 5.82 Å². The Balaban J connectivity index is 1.39. The Kier molecular flexibility index (Phi) is 3.25. The van der Waals surface area contributed by atoms with Gasteiger partial charge in [0, 0.05) is 32.2 Å². The number of piperazine rings is 1. The first-order valence-electron chi connectivity index (χ1n) is 8.44. The minimum absolute atomic E-state index is 0.362. The Labute approximate surface area is 143 Å². The van der Waals surface area contributed by atoms with Crippen molar-refractivity contribution in [2.75, 3.05) is 36.0 Å². The quantitative estimate of drug-likeness (QED) is 0.713. The fraction of sp³-hybridized carbons (Fsp3) is 0.438. The molecule has 128 valence electrons. The molecule has 1 saturated heterocycles. The zero-order valence-corrected chi connectivity index (χ0v) is 13.6. The van der Waals surface area contributed by atoms with Gasteiger partial charge in [0.25, 0.3) is 0 Å². The van der Waals surface area contributed by atoms with Crippen LogP contribution in [-0.4, -0.2) is 55.7 Å². The highest BCUT2D eigenvalue weighted by Gasteiger charge is 2.28. The molecule has 0 amide bonds. The van der Waals surface area contributed by atoms with Crippen molar-refractivity contribution < 1.29 is 4.39 Å². The molecule has 5 rings (SSSR count). The topological polar surface area (TPSA) is 75.9 Å². The van der Waals surface area contributed by atoms with Crippen molar-refractivity contribution in [1.29, 1.82) is 0 Å². The van der Waals surface area contributed by atoms with Gasteiger partial charge in [-0.05, 0) is 12.8 Å². The van der Waals surface area contributed by atoms with E-state index in [9.17, 15) is 4.39 Å².